The SMILES string of the molecule is Cc1cnc([C@@H]2CCN(C(=O)CNS(C)(=O)=O)C2)[nH]1. The summed E-state index contributed by atoms with van der Waals surface area (Å²) in [7, 11) is -3.33. The number of likely N-dealkylation sites (tertiary alicyclic amines) is 1. The van der Waals surface area contributed by atoms with Gasteiger partial charge in [0.2, 0.25) is 15.9 Å². The first-order valence-electron chi connectivity index (χ1n) is 6.09. The number of aromatic amines is 1. The molecule has 1 aromatic heterocycles. The number of nitrogens with one attached hydrogen (secondary N) is 2. The van der Waals surface area contributed by atoms with Gasteiger partial charge in [-0.3, -0.25) is 4.79 Å². The largest absolute Gasteiger partial charge is 0.346 e. The zero-order chi connectivity index (χ0) is 14.0. The van der Waals surface area contributed by atoms with Crippen molar-refractivity contribution in [1.29, 1.82) is 0 Å². The van der Waals surface area contributed by atoms with E-state index in [1.54, 1.807) is 11.1 Å². The van der Waals surface area contributed by atoms with Crippen LogP contribution in [-0.4, -0.2) is 55.1 Å². The summed E-state index contributed by atoms with van der Waals surface area (Å²) >= 11 is 0. The van der Waals surface area contributed by atoms with E-state index in [1.165, 1.54) is 0 Å². The number of aromatic nitrogens is 2. The predicted octanol–water partition coefficient (Wildman–Crippen LogP) is -0.417. The highest BCUT2D eigenvalue weighted by molar-refractivity contribution is 7.88. The lowest BCUT2D eigenvalue weighted by molar-refractivity contribution is -0.128. The maximum atomic E-state index is 11.8. The molecular formula is C11H18N4O3S. The van der Waals surface area contributed by atoms with E-state index in [0.717, 1.165) is 24.2 Å². The maximum Gasteiger partial charge on any atom is 0.237 e. The highest BCUT2D eigenvalue weighted by Crippen LogP contribution is 2.24. The van der Waals surface area contributed by atoms with Gasteiger partial charge in [-0.25, -0.2) is 18.1 Å². The molecule has 1 atom stereocenters. The van der Waals surface area contributed by atoms with Crippen molar-refractivity contribution in [2.75, 3.05) is 25.9 Å². The van der Waals surface area contributed by atoms with Crippen molar-refractivity contribution in [3.05, 3.63) is 17.7 Å². The fraction of sp³-hybridized carbons (Fsp3) is 0.636. The molecule has 1 amide bonds. The van der Waals surface area contributed by atoms with Gasteiger partial charge in [-0.1, -0.05) is 0 Å². The van der Waals surface area contributed by atoms with E-state index >= 15 is 0 Å². The minimum absolute atomic E-state index is 0.178. The summed E-state index contributed by atoms with van der Waals surface area (Å²) in [6.45, 7) is 2.97. The Labute approximate surface area is 112 Å². The van der Waals surface area contributed by atoms with Gasteiger partial charge < -0.3 is 9.88 Å². The third-order valence-corrected chi connectivity index (χ3v) is 3.80. The summed E-state index contributed by atoms with van der Waals surface area (Å²) in [5.74, 6) is 0.899. The van der Waals surface area contributed by atoms with Crippen molar-refractivity contribution in [3.8, 4) is 0 Å². The van der Waals surface area contributed by atoms with Gasteiger partial charge in [-0.05, 0) is 13.3 Å². The zero-order valence-electron chi connectivity index (χ0n) is 11.0. The lowest BCUT2D eigenvalue weighted by Gasteiger charge is -2.16. The van der Waals surface area contributed by atoms with Crippen molar-refractivity contribution in [1.82, 2.24) is 19.6 Å². The van der Waals surface area contributed by atoms with Crippen LogP contribution in [0.2, 0.25) is 0 Å². The minimum atomic E-state index is -3.33. The molecule has 2 heterocycles. The van der Waals surface area contributed by atoms with Gasteiger partial charge in [0, 0.05) is 30.9 Å². The van der Waals surface area contributed by atoms with Crippen LogP contribution in [0.4, 0.5) is 0 Å². The third kappa shape index (κ3) is 3.77. The van der Waals surface area contributed by atoms with Crippen LogP contribution in [0, 0.1) is 6.92 Å². The molecule has 1 aromatic rings. The topological polar surface area (TPSA) is 95.2 Å². The Morgan fingerprint density at radius 2 is 2.37 bits per heavy atom. The van der Waals surface area contributed by atoms with E-state index in [1.807, 2.05) is 6.92 Å². The van der Waals surface area contributed by atoms with Gasteiger partial charge in [-0.2, -0.15) is 0 Å². The van der Waals surface area contributed by atoms with Gasteiger partial charge in [0.05, 0.1) is 12.8 Å². The van der Waals surface area contributed by atoms with E-state index in [2.05, 4.69) is 14.7 Å². The van der Waals surface area contributed by atoms with Crippen LogP contribution in [-0.2, 0) is 14.8 Å². The monoisotopic (exact) mass is 286 g/mol. The Hall–Kier alpha value is -1.41. The van der Waals surface area contributed by atoms with Crippen molar-refractivity contribution in [2.45, 2.75) is 19.3 Å². The molecule has 0 spiro atoms. The Morgan fingerprint density at radius 3 is 2.95 bits per heavy atom. The van der Waals surface area contributed by atoms with Crippen LogP contribution in [0.1, 0.15) is 23.9 Å². The molecule has 1 saturated heterocycles. The number of H-pyrrole nitrogens is 1. The minimum Gasteiger partial charge on any atom is -0.346 e. The summed E-state index contributed by atoms with van der Waals surface area (Å²) in [4.78, 5) is 21.0. The molecular weight excluding hydrogens is 268 g/mol. The number of nitrogens with zero attached hydrogens (tertiary/aromatic N) is 2. The fourth-order valence-corrected chi connectivity index (χ4v) is 2.54. The molecule has 0 bridgehead atoms. The number of hydrogen-bond donors (Lipinski definition) is 2. The van der Waals surface area contributed by atoms with Crippen molar-refractivity contribution >= 4 is 15.9 Å². The van der Waals surface area contributed by atoms with Gasteiger partial charge in [-0.15, -0.1) is 0 Å². The smallest absolute Gasteiger partial charge is 0.237 e. The highest BCUT2D eigenvalue weighted by atomic mass is 32.2. The Balaban J connectivity index is 1.89. The molecule has 2 N–H and O–H groups in total. The second-order valence-electron chi connectivity index (χ2n) is 4.87. The van der Waals surface area contributed by atoms with E-state index in [9.17, 15) is 13.2 Å². The molecule has 0 saturated carbocycles. The first-order chi connectivity index (χ1) is 8.85. The molecule has 0 aliphatic carbocycles. The summed E-state index contributed by atoms with van der Waals surface area (Å²) < 4.78 is 24.1. The van der Waals surface area contributed by atoms with Crippen molar-refractivity contribution in [2.24, 2.45) is 0 Å². The highest BCUT2D eigenvalue weighted by Gasteiger charge is 2.28. The van der Waals surface area contributed by atoms with Gasteiger partial charge in [0.1, 0.15) is 5.82 Å². The number of carbonyl (C=O) groups is 1. The molecule has 0 radical (unpaired) electrons. The summed E-state index contributed by atoms with van der Waals surface area (Å²) in [5.41, 5.74) is 0.999. The third-order valence-electron chi connectivity index (χ3n) is 3.14. The van der Waals surface area contributed by atoms with E-state index in [0.29, 0.717) is 13.1 Å². The molecule has 2 rings (SSSR count). The van der Waals surface area contributed by atoms with Crippen LogP contribution in [0.15, 0.2) is 6.20 Å². The van der Waals surface area contributed by atoms with Gasteiger partial charge in [0.15, 0.2) is 0 Å². The van der Waals surface area contributed by atoms with Gasteiger partial charge >= 0.3 is 0 Å². The second kappa shape index (κ2) is 5.30. The molecule has 1 aliphatic rings. The number of amides is 1. The van der Waals surface area contributed by atoms with Crippen LogP contribution >= 0.6 is 0 Å². The number of hydrogen-bond acceptors (Lipinski definition) is 4. The molecule has 8 heteroatoms. The van der Waals surface area contributed by atoms with Crippen LogP contribution in [0.5, 0.6) is 0 Å². The van der Waals surface area contributed by atoms with E-state index < -0.39 is 10.0 Å². The summed E-state index contributed by atoms with van der Waals surface area (Å²) in [6, 6.07) is 0. The molecule has 106 valence electrons. The normalized spacial score (nSPS) is 19.9. The number of carbonyl (C=O) groups excluding carboxylic acids is 1. The molecule has 0 unspecified atom stereocenters. The second-order valence-corrected chi connectivity index (χ2v) is 6.70. The van der Waals surface area contributed by atoms with Crippen molar-refractivity contribution < 1.29 is 13.2 Å². The number of aryl methyl sites for hydroxylation is 1. The van der Waals surface area contributed by atoms with Crippen LogP contribution in [0.3, 0.4) is 0 Å². The summed E-state index contributed by atoms with van der Waals surface area (Å²) in [6.07, 6.45) is 3.65. The fourth-order valence-electron chi connectivity index (χ4n) is 2.16. The lowest BCUT2D eigenvalue weighted by Crippen LogP contribution is -2.38. The van der Waals surface area contributed by atoms with Crippen molar-refractivity contribution in [3.63, 3.8) is 0 Å². The van der Waals surface area contributed by atoms with Gasteiger partial charge in [0.25, 0.3) is 0 Å². The van der Waals surface area contributed by atoms with Crippen LogP contribution < -0.4 is 4.72 Å². The molecule has 0 aromatic carbocycles. The Kier molecular flexibility index (Phi) is 3.91. The molecule has 19 heavy (non-hydrogen) atoms. The van der Waals surface area contributed by atoms with Crippen LogP contribution in [0.25, 0.3) is 0 Å². The number of imidazole rings is 1. The average Bonchev–Trinajstić information content (AvgIpc) is 2.93. The van der Waals surface area contributed by atoms with E-state index in [-0.39, 0.29) is 18.4 Å². The first-order valence-corrected chi connectivity index (χ1v) is 7.98. The Morgan fingerprint density at radius 1 is 1.63 bits per heavy atom. The van der Waals surface area contributed by atoms with E-state index in [4.69, 9.17) is 0 Å². The standard InChI is InChI=1S/C11H18N4O3S/c1-8-5-12-11(14-8)9-3-4-15(7-9)10(16)6-13-19(2,17)18/h5,9,13H,3-4,6-7H2,1-2H3,(H,12,14)/t9-/m1/s1. The molecule has 1 aliphatic heterocycles. The lowest BCUT2D eigenvalue weighted by atomic mass is 10.1. The maximum absolute atomic E-state index is 11.8. The Bertz CT molecular complexity index is 566. The average molecular weight is 286 g/mol. The number of rotatable bonds is 4. The quantitative estimate of drug-likeness (QED) is 0.786. The first kappa shape index (κ1) is 14.0. The molecule has 1 fully saturated rings. The zero-order valence-corrected chi connectivity index (χ0v) is 11.8. The predicted molar refractivity (Wildman–Crippen MR) is 70.1 cm³/mol. The summed E-state index contributed by atoms with van der Waals surface area (Å²) in [5, 5.41) is 0. The molecule has 7 nitrogen and oxygen atoms in total. The number of sulfonamides is 1.